The maximum atomic E-state index is 11.6. The summed E-state index contributed by atoms with van der Waals surface area (Å²) in [7, 11) is 0. The number of thiophene rings is 1. The molecule has 1 heterocycles. The van der Waals surface area contributed by atoms with E-state index < -0.39 is 11.9 Å². The molecule has 16 heavy (non-hydrogen) atoms. The number of nitrogens with two attached hydrogens (primary N) is 2. The largest absolute Gasteiger partial charge is 0.368 e. The number of carbonyl (C=O) groups is 2. The van der Waals surface area contributed by atoms with Crippen LogP contribution in [0.25, 0.3) is 0 Å². The fourth-order valence-corrected chi connectivity index (χ4v) is 1.91. The molecule has 1 aromatic rings. The van der Waals surface area contributed by atoms with Crippen molar-refractivity contribution in [3.8, 4) is 0 Å². The molecule has 0 aliphatic carbocycles. The summed E-state index contributed by atoms with van der Waals surface area (Å²) < 4.78 is 0. The first-order valence-corrected chi connectivity index (χ1v) is 5.61. The fraction of sp³-hybridized carbons (Fsp3) is 0.222. The minimum absolute atomic E-state index is 0.0662. The molecule has 7 heteroatoms. The van der Waals surface area contributed by atoms with Crippen LogP contribution in [0, 0.1) is 6.92 Å². The van der Waals surface area contributed by atoms with Crippen molar-refractivity contribution in [2.45, 2.75) is 13.0 Å². The predicted molar refractivity (Wildman–Crippen MR) is 66.3 cm³/mol. The van der Waals surface area contributed by atoms with Crippen molar-refractivity contribution in [3.05, 3.63) is 21.9 Å². The van der Waals surface area contributed by atoms with Crippen molar-refractivity contribution >= 4 is 40.4 Å². The van der Waals surface area contributed by atoms with Crippen molar-refractivity contribution in [3.63, 3.8) is 0 Å². The van der Waals surface area contributed by atoms with E-state index in [1.165, 1.54) is 11.3 Å². The quantitative estimate of drug-likeness (QED) is 0.660. The lowest BCUT2D eigenvalue weighted by Gasteiger charge is -2.09. The van der Waals surface area contributed by atoms with Gasteiger partial charge in [-0.3, -0.25) is 9.59 Å². The summed E-state index contributed by atoms with van der Waals surface area (Å²) in [5.41, 5.74) is 10.3. The molecule has 0 aliphatic rings. The number of aryl methyl sites for hydroxylation is 1. The van der Waals surface area contributed by atoms with E-state index in [0.717, 1.165) is 4.88 Å². The van der Waals surface area contributed by atoms with Gasteiger partial charge in [-0.15, -0.1) is 11.3 Å². The average Bonchev–Trinajstić information content (AvgIpc) is 2.63. The molecule has 0 bridgehead atoms. The predicted octanol–water partition coefficient (Wildman–Crippen LogP) is -0.0737. The number of thiocarbonyl (C=S) groups is 1. The second-order valence-corrected chi connectivity index (χ2v) is 4.84. The number of hydrogen-bond donors (Lipinski definition) is 3. The Kier molecular flexibility index (Phi) is 4.11. The van der Waals surface area contributed by atoms with Gasteiger partial charge in [0, 0.05) is 4.88 Å². The summed E-state index contributed by atoms with van der Waals surface area (Å²) in [5.74, 6) is -1.15. The number of nitrogens with one attached hydrogen (secondary N) is 1. The lowest BCUT2D eigenvalue weighted by Crippen LogP contribution is -2.49. The minimum atomic E-state index is -1.14. The smallest absolute Gasteiger partial charge is 0.266 e. The van der Waals surface area contributed by atoms with E-state index in [1.54, 1.807) is 6.07 Å². The highest BCUT2D eigenvalue weighted by molar-refractivity contribution is 7.80. The molecule has 1 rings (SSSR count). The second kappa shape index (κ2) is 5.15. The first-order valence-electron chi connectivity index (χ1n) is 4.38. The van der Waals surface area contributed by atoms with Crippen LogP contribution in [0.5, 0.6) is 0 Å². The van der Waals surface area contributed by atoms with E-state index in [4.69, 9.17) is 23.7 Å². The monoisotopic (exact) mass is 257 g/mol. The Hall–Kier alpha value is -1.31. The summed E-state index contributed by atoms with van der Waals surface area (Å²) in [5, 5.41) is 2.37. The van der Waals surface area contributed by atoms with Gasteiger partial charge in [-0.25, -0.2) is 0 Å². The van der Waals surface area contributed by atoms with Crippen LogP contribution in [0.3, 0.4) is 0 Å². The third-order valence-corrected chi connectivity index (χ3v) is 3.15. The molecular formula is C9H11N3O2S2. The van der Waals surface area contributed by atoms with E-state index in [0.29, 0.717) is 4.88 Å². The van der Waals surface area contributed by atoms with Crippen molar-refractivity contribution in [2.24, 2.45) is 11.5 Å². The van der Waals surface area contributed by atoms with E-state index in [2.05, 4.69) is 5.32 Å². The molecule has 0 aliphatic heterocycles. The van der Waals surface area contributed by atoms with Crippen LogP contribution in [0.1, 0.15) is 14.5 Å². The zero-order valence-electron chi connectivity index (χ0n) is 8.52. The Balaban J connectivity index is 2.65. The zero-order valence-corrected chi connectivity index (χ0v) is 10.2. The minimum Gasteiger partial charge on any atom is -0.368 e. The Morgan fingerprint density at radius 2 is 2.12 bits per heavy atom. The highest BCUT2D eigenvalue weighted by atomic mass is 32.1. The van der Waals surface area contributed by atoms with Crippen LogP contribution >= 0.6 is 23.6 Å². The molecule has 5 nitrogen and oxygen atoms in total. The molecule has 0 radical (unpaired) electrons. The van der Waals surface area contributed by atoms with Gasteiger partial charge in [-0.05, 0) is 19.1 Å². The number of rotatable bonds is 3. The summed E-state index contributed by atoms with van der Waals surface area (Å²) in [6, 6.07) is 2.35. The van der Waals surface area contributed by atoms with Gasteiger partial charge < -0.3 is 16.8 Å². The molecule has 0 aromatic carbocycles. The number of amides is 2. The average molecular weight is 257 g/mol. The van der Waals surface area contributed by atoms with Gasteiger partial charge in [0.15, 0.2) is 0 Å². The topological polar surface area (TPSA) is 98.2 Å². The number of hydrogen-bond acceptors (Lipinski definition) is 5. The summed E-state index contributed by atoms with van der Waals surface area (Å²) in [4.78, 5) is 23.8. The van der Waals surface area contributed by atoms with Crippen molar-refractivity contribution in [1.82, 2.24) is 5.32 Å². The Morgan fingerprint density at radius 3 is 2.56 bits per heavy atom. The van der Waals surface area contributed by atoms with Gasteiger partial charge >= 0.3 is 0 Å². The van der Waals surface area contributed by atoms with Crippen LogP contribution in [0.4, 0.5) is 0 Å². The normalized spacial score (nSPS) is 11.9. The summed E-state index contributed by atoms with van der Waals surface area (Å²) in [6.45, 7) is 1.88. The first kappa shape index (κ1) is 12.8. The maximum absolute atomic E-state index is 11.6. The van der Waals surface area contributed by atoms with E-state index in [9.17, 15) is 9.59 Å². The van der Waals surface area contributed by atoms with Gasteiger partial charge in [0.25, 0.3) is 5.91 Å². The zero-order chi connectivity index (χ0) is 12.3. The van der Waals surface area contributed by atoms with Gasteiger partial charge in [0.05, 0.1) is 4.88 Å². The lowest BCUT2D eigenvalue weighted by molar-refractivity contribution is -0.117. The number of primary amides is 1. The third kappa shape index (κ3) is 3.09. The molecular weight excluding hydrogens is 246 g/mol. The molecule has 1 unspecified atom stereocenters. The SMILES string of the molecule is Cc1ccc(C(=O)NC(=S)C(N)C(N)=O)s1. The van der Waals surface area contributed by atoms with Crippen molar-refractivity contribution in [2.75, 3.05) is 0 Å². The van der Waals surface area contributed by atoms with Crippen LogP contribution in [-0.4, -0.2) is 22.8 Å². The van der Waals surface area contributed by atoms with Gasteiger partial charge in [0.2, 0.25) is 5.91 Å². The summed E-state index contributed by atoms with van der Waals surface area (Å²) in [6.07, 6.45) is 0. The van der Waals surface area contributed by atoms with Gasteiger partial charge in [-0.1, -0.05) is 12.2 Å². The van der Waals surface area contributed by atoms with E-state index in [1.807, 2.05) is 13.0 Å². The standard InChI is InChI=1S/C9H11N3O2S2/c1-4-2-3-5(16-4)8(14)12-9(15)6(10)7(11)13/h2-3,6H,10H2,1H3,(H2,11,13)(H,12,14,15). The molecule has 0 saturated heterocycles. The van der Waals surface area contributed by atoms with Crippen molar-refractivity contribution in [1.29, 1.82) is 0 Å². The van der Waals surface area contributed by atoms with Crippen LogP contribution in [0.15, 0.2) is 12.1 Å². The molecule has 2 amide bonds. The van der Waals surface area contributed by atoms with Crippen LogP contribution in [-0.2, 0) is 4.79 Å². The molecule has 0 fully saturated rings. The van der Waals surface area contributed by atoms with E-state index in [-0.39, 0.29) is 10.9 Å². The third-order valence-electron chi connectivity index (χ3n) is 1.79. The van der Waals surface area contributed by atoms with Gasteiger partial charge in [0.1, 0.15) is 11.0 Å². The molecule has 1 atom stereocenters. The summed E-state index contributed by atoms with van der Waals surface area (Å²) >= 11 is 6.11. The van der Waals surface area contributed by atoms with Gasteiger partial charge in [-0.2, -0.15) is 0 Å². The molecule has 1 aromatic heterocycles. The molecule has 86 valence electrons. The Bertz CT molecular complexity index is 442. The Labute approximate surface area is 102 Å². The fourth-order valence-electron chi connectivity index (χ4n) is 0.937. The lowest BCUT2D eigenvalue weighted by atomic mass is 10.3. The maximum Gasteiger partial charge on any atom is 0.266 e. The molecule has 0 spiro atoms. The Morgan fingerprint density at radius 1 is 1.50 bits per heavy atom. The highest BCUT2D eigenvalue weighted by Crippen LogP contribution is 2.14. The van der Waals surface area contributed by atoms with Crippen molar-refractivity contribution < 1.29 is 9.59 Å². The number of carbonyl (C=O) groups excluding carboxylic acids is 2. The molecule has 0 saturated carbocycles. The first-order chi connectivity index (χ1) is 7.41. The molecule has 5 N–H and O–H groups in total. The van der Waals surface area contributed by atoms with Crippen LogP contribution in [0.2, 0.25) is 0 Å². The van der Waals surface area contributed by atoms with Crippen LogP contribution < -0.4 is 16.8 Å². The second-order valence-electron chi connectivity index (χ2n) is 3.11. The highest BCUT2D eigenvalue weighted by Gasteiger charge is 2.18. The van der Waals surface area contributed by atoms with E-state index >= 15 is 0 Å².